The number of amides is 3. The van der Waals surface area contributed by atoms with Gasteiger partial charge in [-0.2, -0.15) is 0 Å². The van der Waals surface area contributed by atoms with Crippen LogP contribution in [0.3, 0.4) is 0 Å². The highest BCUT2D eigenvalue weighted by molar-refractivity contribution is 7.79. The van der Waals surface area contributed by atoms with Gasteiger partial charge in [-0.05, 0) is 36.4 Å². The summed E-state index contributed by atoms with van der Waals surface area (Å²) in [4.78, 5) is 39.5. The molecule has 0 radical (unpaired) electrons. The number of nitrogens with one attached hydrogen (secondary N) is 1. The third kappa shape index (κ3) is 4.20. The molecule has 1 heterocycles. The molecule has 7 heteroatoms. The van der Waals surface area contributed by atoms with Crippen LogP contribution < -0.4 is 20.8 Å². The van der Waals surface area contributed by atoms with Crippen LogP contribution >= 0.6 is 7.14 Å². The lowest BCUT2D eigenvalue weighted by Gasteiger charge is -2.19. The number of benzene rings is 4. The van der Waals surface area contributed by atoms with Crippen molar-refractivity contribution in [3.8, 4) is 0 Å². The third-order valence-corrected chi connectivity index (χ3v) is 8.91. The molecule has 4 aromatic rings. The van der Waals surface area contributed by atoms with E-state index in [1.165, 1.54) is 0 Å². The highest BCUT2D eigenvalue weighted by atomic mass is 31.2. The maximum atomic E-state index is 14.1. The molecule has 6 nitrogen and oxygen atoms in total. The predicted molar refractivity (Wildman–Crippen MR) is 137 cm³/mol. The van der Waals surface area contributed by atoms with Gasteiger partial charge in [0.15, 0.2) is 7.14 Å². The summed E-state index contributed by atoms with van der Waals surface area (Å²) in [6, 6.07) is 31.1. The standard InChI is InChI=1S/C28H21N2O4P/c31-26(19-35(34,22-9-3-1-4-10-22)23-11-5-2-6-12-23)29-20-15-17-21(18-16-20)30-27(32)24-13-7-8-14-25(24)28(30)33/h1-18H,19H2,(H,29,31). The summed E-state index contributed by atoms with van der Waals surface area (Å²) in [6.45, 7) is 0. The van der Waals surface area contributed by atoms with Crippen molar-refractivity contribution in [2.24, 2.45) is 0 Å². The van der Waals surface area contributed by atoms with Gasteiger partial charge in [-0.1, -0.05) is 72.8 Å². The first-order chi connectivity index (χ1) is 17.0. The van der Waals surface area contributed by atoms with Crippen LogP contribution in [0, 0.1) is 0 Å². The maximum Gasteiger partial charge on any atom is 0.266 e. The lowest BCUT2D eigenvalue weighted by Crippen LogP contribution is -2.29. The molecule has 3 amide bonds. The number of fused-ring (bicyclic) bond motifs is 1. The minimum atomic E-state index is -3.20. The molecule has 0 aliphatic carbocycles. The van der Waals surface area contributed by atoms with Crippen LogP contribution in [0.1, 0.15) is 20.7 Å². The summed E-state index contributed by atoms with van der Waals surface area (Å²) in [5, 5.41) is 4.02. The molecular weight excluding hydrogens is 459 g/mol. The Morgan fingerprint density at radius 1 is 0.657 bits per heavy atom. The Balaban J connectivity index is 1.35. The third-order valence-electron chi connectivity index (χ3n) is 5.92. The van der Waals surface area contributed by atoms with Crippen molar-refractivity contribution in [1.29, 1.82) is 0 Å². The number of rotatable bonds is 6. The quantitative estimate of drug-likeness (QED) is 0.327. The molecule has 0 bridgehead atoms. The van der Waals surface area contributed by atoms with Crippen molar-refractivity contribution >= 4 is 46.8 Å². The lowest BCUT2D eigenvalue weighted by molar-refractivity contribution is -0.113. The number of imide groups is 1. The van der Waals surface area contributed by atoms with Crippen molar-refractivity contribution in [1.82, 2.24) is 0 Å². The molecule has 0 unspecified atom stereocenters. The summed E-state index contributed by atoms with van der Waals surface area (Å²) in [6.07, 6.45) is -0.193. The van der Waals surface area contributed by atoms with E-state index in [0.717, 1.165) is 4.90 Å². The summed E-state index contributed by atoms with van der Waals surface area (Å²) < 4.78 is 14.1. The second-order valence-electron chi connectivity index (χ2n) is 8.16. The van der Waals surface area contributed by atoms with Crippen LogP contribution in [0.5, 0.6) is 0 Å². The van der Waals surface area contributed by atoms with Gasteiger partial charge in [0.2, 0.25) is 5.91 Å². The van der Waals surface area contributed by atoms with E-state index in [2.05, 4.69) is 5.32 Å². The molecule has 0 aromatic heterocycles. The smallest absolute Gasteiger partial charge is 0.266 e. The molecule has 4 aromatic carbocycles. The van der Waals surface area contributed by atoms with Crippen molar-refractivity contribution in [3.63, 3.8) is 0 Å². The summed E-state index contributed by atoms with van der Waals surface area (Å²) >= 11 is 0. The maximum absolute atomic E-state index is 14.1. The summed E-state index contributed by atoms with van der Waals surface area (Å²) in [5.41, 5.74) is 1.62. The van der Waals surface area contributed by atoms with Crippen LogP contribution in [0.25, 0.3) is 0 Å². The zero-order valence-corrected chi connectivity index (χ0v) is 19.5. The molecule has 1 N–H and O–H groups in total. The molecule has 0 saturated heterocycles. The lowest BCUT2D eigenvalue weighted by atomic mass is 10.1. The van der Waals surface area contributed by atoms with E-state index in [4.69, 9.17) is 0 Å². The van der Waals surface area contributed by atoms with Gasteiger partial charge in [0, 0.05) is 16.3 Å². The van der Waals surface area contributed by atoms with Gasteiger partial charge in [0.25, 0.3) is 11.8 Å². The fourth-order valence-corrected chi connectivity index (χ4v) is 6.64. The van der Waals surface area contributed by atoms with E-state index in [9.17, 15) is 18.9 Å². The van der Waals surface area contributed by atoms with Crippen LogP contribution in [-0.2, 0) is 9.36 Å². The first-order valence-electron chi connectivity index (χ1n) is 11.1. The highest BCUT2D eigenvalue weighted by Gasteiger charge is 2.36. The monoisotopic (exact) mass is 480 g/mol. The van der Waals surface area contributed by atoms with Gasteiger partial charge in [-0.3, -0.25) is 14.4 Å². The largest absolute Gasteiger partial charge is 0.326 e. The molecule has 5 rings (SSSR count). The number of carbonyl (C=O) groups is 3. The van der Waals surface area contributed by atoms with Crippen molar-refractivity contribution in [2.75, 3.05) is 16.4 Å². The van der Waals surface area contributed by atoms with Crippen LogP contribution in [0.15, 0.2) is 109 Å². The molecule has 172 valence electrons. The Kier molecular flexibility index (Phi) is 5.89. The molecule has 35 heavy (non-hydrogen) atoms. The topological polar surface area (TPSA) is 83.6 Å². The molecule has 1 aliphatic heterocycles. The fourth-order valence-electron chi connectivity index (χ4n) is 4.19. The second kappa shape index (κ2) is 9.16. The average molecular weight is 480 g/mol. The van der Waals surface area contributed by atoms with Gasteiger partial charge in [0.05, 0.1) is 23.0 Å². The molecule has 0 spiro atoms. The first kappa shape index (κ1) is 22.5. The van der Waals surface area contributed by atoms with Gasteiger partial charge in [-0.25, -0.2) is 4.90 Å². The Morgan fingerprint density at radius 2 is 1.11 bits per heavy atom. The van der Waals surface area contributed by atoms with E-state index >= 15 is 0 Å². The molecular formula is C28H21N2O4P. The van der Waals surface area contributed by atoms with Crippen molar-refractivity contribution in [2.45, 2.75) is 0 Å². The Hall–Kier alpha value is -4.28. The molecule has 0 saturated carbocycles. The number of anilines is 2. The van der Waals surface area contributed by atoms with E-state index in [1.807, 2.05) is 12.1 Å². The van der Waals surface area contributed by atoms with Crippen LogP contribution in [0.4, 0.5) is 11.4 Å². The van der Waals surface area contributed by atoms with Crippen LogP contribution in [0.2, 0.25) is 0 Å². The van der Waals surface area contributed by atoms with Crippen molar-refractivity contribution in [3.05, 3.63) is 120 Å². The number of hydrogen-bond donors (Lipinski definition) is 1. The van der Waals surface area contributed by atoms with E-state index in [0.29, 0.717) is 33.1 Å². The number of nitrogens with zero attached hydrogens (tertiary/aromatic N) is 1. The van der Waals surface area contributed by atoms with Gasteiger partial charge < -0.3 is 9.88 Å². The zero-order chi connectivity index (χ0) is 24.4. The highest BCUT2D eigenvalue weighted by Crippen LogP contribution is 2.43. The summed E-state index contributed by atoms with van der Waals surface area (Å²) in [5.74, 6) is -1.15. The number of carbonyl (C=O) groups excluding carboxylic acids is 3. The van der Waals surface area contributed by atoms with E-state index in [1.54, 1.807) is 97.1 Å². The fraction of sp³-hybridized carbons (Fsp3) is 0.0357. The Bertz CT molecular complexity index is 1390. The SMILES string of the molecule is O=C(CP(=O)(c1ccccc1)c1ccccc1)Nc1ccc(N2C(=O)c3ccccc3C2=O)cc1. The van der Waals surface area contributed by atoms with Crippen molar-refractivity contribution < 1.29 is 18.9 Å². The van der Waals surface area contributed by atoms with Gasteiger partial charge in [0.1, 0.15) is 0 Å². The number of hydrogen-bond acceptors (Lipinski definition) is 4. The normalized spacial score (nSPS) is 13.0. The van der Waals surface area contributed by atoms with Gasteiger partial charge in [-0.15, -0.1) is 0 Å². The van der Waals surface area contributed by atoms with Gasteiger partial charge >= 0.3 is 0 Å². The second-order valence-corrected chi connectivity index (χ2v) is 11.0. The van der Waals surface area contributed by atoms with Crippen LogP contribution in [-0.4, -0.2) is 23.9 Å². The predicted octanol–water partition coefficient (Wildman–Crippen LogP) is 4.44. The molecule has 0 fully saturated rings. The van der Waals surface area contributed by atoms with E-state index in [-0.39, 0.29) is 18.0 Å². The zero-order valence-electron chi connectivity index (χ0n) is 18.6. The first-order valence-corrected chi connectivity index (χ1v) is 12.9. The molecule has 0 atom stereocenters. The Labute approximate surface area is 202 Å². The minimum absolute atomic E-state index is 0.193. The molecule has 1 aliphatic rings. The Morgan fingerprint density at radius 3 is 1.60 bits per heavy atom. The summed E-state index contributed by atoms with van der Waals surface area (Å²) in [7, 11) is -3.20. The van der Waals surface area contributed by atoms with E-state index < -0.39 is 13.0 Å². The minimum Gasteiger partial charge on any atom is -0.326 e. The average Bonchev–Trinajstić information content (AvgIpc) is 3.15.